The monoisotopic (exact) mass is 382 g/mol. The van der Waals surface area contributed by atoms with E-state index in [2.05, 4.69) is 10.1 Å². The summed E-state index contributed by atoms with van der Waals surface area (Å²) < 4.78 is 43.5. The highest BCUT2D eigenvalue weighted by Gasteiger charge is 2.32. The maximum Gasteiger partial charge on any atom is 0.417 e. The Bertz CT molecular complexity index is 703. The minimum atomic E-state index is -4.72. The number of hydrogen-bond donors (Lipinski definition) is 1. The molecule has 2 atom stereocenters. The van der Waals surface area contributed by atoms with Crippen molar-refractivity contribution in [1.29, 1.82) is 0 Å². The molecule has 0 aliphatic rings. The summed E-state index contributed by atoms with van der Waals surface area (Å²) in [6.07, 6.45) is -3.67. The van der Waals surface area contributed by atoms with Crippen molar-refractivity contribution in [2.24, 2.45) is 5.92 Å². The van der Waals surface area contributed by atoms with Crippen LogP contribution in [0.3, 0.4) is 0 Å². The van der Waals surface area contributed by atoms with Crippen LogP contribution in [-0.2, 0) is 27.0 Å². The summed E-state index contributed by atoms with van der Waals surface area (Å²) in [7, 11) is 1.15. The summed E-state index contributed by atoms with van der Waals surface area (Å²) in [5.74, 6) is -1.76. The summed E-state index contributed by atoms with van der Waals surface area (Å²) in [5.41, 5.74) is -2.10. The number of aromatic nitrogens is 1. The number of methoxy groups -OCH3 is 1. The average Bonchev–Trinajstić information content (AvgIpc) is 2.54. The van der Waals surface area contributed by atoms with E-state index in [0.29, 0.717) is 23.3 Å². The van der Waals surface area contributed by atoms with Crippen LogP contribution < -0.4 is 10.9 Å². The summed E-state index contributed by atoms with van der Waals surface area (Å²) in [6, 6.07) is -0.478. The van der Waals surface area contributed by atoms with E-state index < -0.39 is 46.8 Å². The first-order chi connectivity index (χ1) is 11.5. The van der Waals surface area contributed by atoms with Gasteiger partial charge < -0.3 is 14.6 Å². The summed E-state index contributed by atoms with van der Waals surface area (Å²) in [5, 5.41) is 1.72. The molecule has 1 aromatic rings. The van der Waals surface area contributed by atoms with Gasteiger partial charge in [-0.15, -0.1) is 0 Å². The number of pyridine rings is 1. The Kier molecular flexibility index (Phi) is 7.04. The third-order valence-corrected chi connectivity index (χ3v) is 3.94. The van der Waals surface area contributed by atoms with Crippen LogP contribution >= 0.6 is 11.6 Å². The Balaban J connectivity index is 3.05. The van der Waals surface area contributed by atoms with E-state index in [1.807, 2.05) is 0 Å². The number of alkyl halides is 3. The van der Waals surface area contributed by atoms with E-state index in [1.165, 1.54) is 0 Å². The van der Waals surface area contributed by atoms with E-state index >= 15 is 0 Å². The largest absolute Gasteiger partial charge is 0.467 e. The summed E-state index contributed by atoms with van der Waals surface area (Å²) >= 11 is 5.52. The maximum absolute atomic E-state index is 12.8. The van der Waals surface area contributed by atoms with Crippen molar-refractivity contribution in [1.82, 2.24) is 9.88 Å². The number of amides is 1. The van der Waals surface area contributed by atoms with Gasteiger partial charge in [0.15, 0.2) is 0 Å². The molecule has 0 fully saturated rings. The fourth-order valence-electron chi connectivity index (χ4n) is 2.04. The van der Waals surface area contributed by atoms with Crippen LogP contribution in [0.1, 0.15) is 25.8 Å². The Morgan fingerprint density at radius 3 is 2.48 bits per heavy atom. The predicted octanol–water partition coefficient (Wildman–Crippen LogP) is 2.22. The van der Waals surface area contributed by atoms with Gasteiger partial charge in [0.05, 0.1) is 12.7 Å². The Hall–Kier alpha value is -2.03. The first kappa shape index (κ1) is 21.0. The second-order valence-electron chi connectivity index (χ2n) is 5.46. The predicted molar refractivity (Wildman–Crippen MR) is 84.1 cm³/mol. The second kappa shape index (κ2) is 8.37. The lowest BCUT2D eigenvalue weighted by Crippen LogP contribution is -2.47. The zero-order valence-electron chi connectivity index (χ0n) is 13.8. The molecule has 1 N–H and O–H groups in total. The molecule has 1 rings (SSSR count). The third-order valence-electron chi connectivity index (χ3n) is 3.67. The summed E-state index contributed by atoms with van der Waals surface area (Å²) in [4.78, 5) is 35.7. The van der Waals surface area contributed by atoms with E-state index in [9.17, 15) is 27.6 Å². The molecule has 10 heteroatoms. The smallest absolute Gasteiger partial charge is 0.417 e. The standard InChI is InChI=1S/C15H18ClF3N2O4/c1-4-8(2)12(14(24)25-3)20-11(22)7-21-6-9(15(17,18)19)5-10(16)13(21)23/h5-6,8,12H,4,7H2,1-3H3,(H,20,22)/t8-,12-/m1/s1. The molecular formula is C15H18ClF3N2O4. The average molecular weight is 383 g/mol. The molecule has 0 spiro atoms. The Labute approximate surface area is 146 Å². The number of carbonyl (C=O) groups excluding carboxylic acids is 2. The molecule has 0 saturated carbocycles. The molecule has 140 valence electrons. The molecular weight excluding hydrogens is 365 g/mol. The van der Waals surface area contributed by atoms with Gasteiger partial charge in [0.1, 0.15) is 17.6 Å². The highest BCUT2D eigenvalue weighted by atomic mass is 35.5. The molecule has 1 amide bonds. The normalized spacial score (nSPS) is 13.9. The molecule has 6 nitrogen and oxygen atoms in total. The quantitative estimate of drug-likeness (QED) is 0.765. The van der Waals surface area contributed by atoms with E-state index in [1.54, 1.807) is 13.8 Å². The van der Waals surface area contributed by atoms with Gasteiger partial charge in [-0.3, -0.25) is 9.59 Å². The van der Waals surface area contributed by atoms with Crippen LogP contribution in [0.25, 0.3) is 0 Å². The topological polar surface area (TPSA) is 77.4 Å². The van der Waals surface area contributed by atoms with Crippen LogP contribution in [-0.4, -0.2) is 29.6 Å². The lowest BCUT2D eigenvalue weighted by atomic mass is 9.99. The van der Waals surface area contributed by atoms with Crippen LogP contribution in [0.15, 0.2) is 17.1 Å². The van der Waals surface area contributed by atoms with Gasteiger partial charge >= 0.3 is 12.1 Å². The van der Waals surface area contributed by atoms with Crippen LogP contribution in [0.2, 0.25) is 5.02 Å². The zero-order chi connectivity index (χ0) is 19.4. The lowest BCUT2D eigenvalue weighted by Gasteiger charge is -2.22. The van der Waals surface area contributed by atoms with Gasteiger partial charge in [-0.25, -0.2) is 4.79 Å². The van der Waals surface area contributed by atoms with E-state index in [0.717, 1.165) is 7.11 Å². The molecule has 0 bridgehead atoms. The molecule has 0 unspecified atom stereocenters. The van der Waals surface area contributed by atoms with Crippen molar-refractivity contribution < 1.29 is 27.5 Å². The van der Waals surface area contributed by atoms with E-state index in [-0.39, 0.29) is 5.92 Å². The third kappa shape index (κ3) is 5.48. The van der Waals surface area contributed by atoms with E-state index in [4.69, 9.17) is 11.6 Å². The van der Waals surface area contributed by atoms with Crippen molar-refractivity contribution in [2.45, 2.75) is 39.0 Å². The van der Waals surface area contributed by atoms with Crippen molar-refractivity contribution in [3.63, 3.8) is 0 Å². The molecule has 0 aromatic carbocycles. The minimum Gasteiger partial charge on any atom is -0.467 e. The number of carbonyl (C=O) groups is 2. The number of esters is 1. The fourth-order valence-corrected chi connectivity index (χ4v) is 2.27. The Morgan fingerprint density at radius 1 is 1.40 bits per heavy atom. The highest BCUT2D eigenvalue weighted by molar-refractivity contribution is 6.30. The SMILES string of the molecule is CC[C@@H](C)[C@@H](NC(=O)Cn1cc(C(F)(F)F)cc(Cl)c1=O)C(=O)OC. The minimum absolute atomic E-state index is 0.266. The van der Waals surface area contributed by atoms with Crippen molar-refractivity contribution in [3.05, 3.63) is 33.2 Å². The molecule has 0 aliphatic carbocycles. The van der Waals surface area contributed by atoms with Gasteiger partial charge in [0, 0.05) is 6.20 Å². The first-order valence-corrected chi connectivity index (χ1v) is 7.73. The molecule has 0 saturated heterocycles. The van der Waals surface area contributed by atoms with Gasteiger partial charge in [-0.2, -0.15) is 13.2 Å². The maximum atomic E-state index is 12.8. The van der Waals surface area contributed by atoms with Crippen molar-refractivity contribution in [3.8, 4) is 0 Å². The lowest BCUT2D eigenvalue weighted by molar-refractivity contribution is -0.146. The van der Waals surface area contributed by atoms with Crippen LogP contribution in [0, 0.1) is 5.92 Å². The Morgan fingerprint density at radius 2 is 2.00 bits per heavy atom. The zero-order valence-corrected chi connectivity index (χ0v) is 14.6. The number of hydrogen-bond acceptors (Lipinski definition) is 4. The van der Waals surface area contributed by atoms with Gasteiger partial charge in [-0.05, 0) is 12.0 Å². The van der Waals surface area contributed by atoms with Gasteiger partial charge in [0.2, 0.25) is 5.91 Å². The molecule has 1 heterocycles. The van der Waals surface area contributed by atoms with Crippen LogP contribution in [0.4, 0.5) is 13.2 Å². The second-order valence-corrected chi connectivity index (χ2v) is 5.87. The molecule has 25 heavy (non-hydrogen) atoms. The first-order valence-electron chi connectivity index (χ1n) is 7.35. The molecule has 1 aromatic heterocycles. The van der Waals surface area contributed by atoms with Gasteiger partial charge in [-0.1, -0.05) is 31.9 Å². The molecule has 0 aliphatic heterocycles. The van der Waals surface area contributed by atoms with Crippen molar-refractivity contribution in [2.75, 3.05) is 7.11 Å². The highest BCUT2D eigenvalue weighted by Crippen LogP contribution is 2.29. The number of ether oxygens (including phenoxy) is 1. The number of halogens is 4. The van der Waals surface area contributed by atoms with Crippen molar-refractivity contribution >= 4 is 23.5 Å². The number of nitrogens with one attached hydrogen (secondary N) is 1. The van der Waals surface area contributed by atoms with Gasteiger partial charge in [0.25, 0.3) is 5.56 Å². The number of nitrogens with zero attached hydrogens (tertiary/aromatic N) is 1. The molecule has 0 radical (unpaired) electrons. The fraction of sp³-hybridized carbons (Fsp3) is 0.533. The number of rotatable bonds is 6. The van der Waals surface area contributed by atoms with Crippen LogP contribution in [0.5, 0.6) is 0 Å². The summed E-state index contributed by atoms with van der Waals surface area (Å²) in [6.45, 7) is 2.78.